The number of ether oxygens (including phenoxy) is 1. The highest BCUT2D eigenvalue weighted by Crippen LogP contribution is 2.29. The summed E-state index contributed by atoms with van der Waals surface area (Å²) in [5, 5.41) is 3.79. The van der Waals surface area contributed by atoms with E-state index in [9.17, 15) is 4.79 Å². The van der Waals surface area contributed by atoms with Crippen LogP contribution in [-0.4, -0.2) is 40.7 Å². The standard InChI is InChI=1S/C12H19N3O3/c1-3-17-8-11(16)15-7-5-4-6-10(15)12-13-9(2)14-18-12/h10H,3-8H2,1-2H3. The van der Waals surface area contributed by atoms with Crippen molar-refractivity contribution in [2.75, 3.05) is 19.8 Å². The monoisotopic (exact) mass is 253 g/mol. The minimum atomic E-state index is -0.0899. The first-order valence-corrected chi connectivity index (χ1v) is 6.39. The van der Waals surface area contributed by atoms with Crippen LogP contribution in [0.15, 0.2) is 4.52 Å². The van der Waals surface area contributed by atoms with Crippen molar-refractivity contribution in [3.63, 3.8) is 0 Å². The molecule has 1 amide bonds. The Morgan fingerprint density at radius 3 is 3.06 bits per heavy atom. The van der Waals surface area contributed by atoms with Gasteiger partial charge in [0, 0.05) is 13.2 Å². The van der Waals surface area contributed by atoms with Gasteiger partial charge in [-0.05, 0) is 33.1 Å². The molecule has 6 heteroatoms. The molecule has 1 aromatic heterocycles. The number of nitrogens with zero attached hydrogens (tertiary/aromatic N) is 3. The third kappa shape index (κ3) is 2.87. The van der Waals surface area contributed by atoms with Crippen molar-refractivity contribution in [1.82, 2.24) is 15.0 Å². The molecule has 0 N–H and O–H groups in total. The maximum atomic E-state index is 12.1. The number of rotatable bonds is 4. The van der Waals surface area contributed by atoms with Crippen LogP contribution in [0.3, 0.4) is 0 Å². The molecule has 1 unspecified atom stereocenters. The Kier molecular flexibility index (Phi) is 4.30. The number of amides is 1. The summed E-state index contributed by atoms with van der Waals surface area (Å²) >= 11 is 0. The van der Waals surface area contributed by atoms with Crippen molar-refractivity contribution in [3.05, 3.63) is 11.7 Å². The predicted molar refractivity (Wildman–Crippen MR) is 63.8 cm³/mol. The number of aryl methyl sites for hydroxylation is 1. The van der Waals surface area contributed by atoms with Crippen LogP contribution in [0.1, 0.15) is 43.9 Å². The zero-order valence-electron chi connectivity index (χ0n) is 10.9. The van der Waals surface area contributed by atoms with Gasteiger partial charge in [0.15, 0.2) is 5.82 Å². The Bertz CT molecular complexity index is 405. The second kappa shape index (κ2) is 5.95. The smallest absolute Gasteiger partial charge is 0.249 e. The van der Waals surface area contributed by atoms with Gasteiger partial charge >= 0.3 is 0 Å². The number of piperidine rings is 1. The van der Waals surface area contributed by atoms with E-state index in [1.165, 1.54) is 0 Å². The van der Waals surface area contributed by atoms with Crippen LogP contribution in [0.4, 0.5) is 0 Å². The van der Waals surface area contributed by atoms with Crippen molar-refractivity contribution in [2.45, 2.75) is 39.2 Å². The van der Waals surface area contributed by atoms with Crippen LogP contribution in [0, 0.1) is 6.92 Å². The van der Waals surface area contributed by atoms with Crippen LogP contribution in [0.5, 0.6) is 0 Å². The first kappa shape index (κ1) is 13.0. The Hall–Kier alpha value is -1.43. The molecule has 0 radical (unpaired) electrons. The van der Waals surface area contributed by atoms with Gasteiger partial charge < -0.3 is 14.2 Å². The average molecular weight is 253 g/mol. The number of hydrogen-bond acceptors (Lipinski definition) is 5. The van der Waals surface area contributed by atoms with E-state index in [1.807, 2.05) is 6.92 Å². The lowest BCUT2D eigenvalue weighted by molar-refractivity contribution is -0.140. The Labute approximate surface area is 106 Å². The number of carbonyl (C=O) groups is 1. The van der Waals surface area contributed by atoms with Gasteiger partial charge in [0.1, 0.15) is 12.6 Å². The summed E-state index contributed by atoms with van der Waals surface area (Å²) in [6.45, 7) is 5.06. The van der Waals surface area contributed by atoms with Gasteiger partial charge in [-0.3, -0.25) is 4.79 Å². The normalized spacial score (nSPS) is 20.1. The van der Waals surface area contributed by atoms with Crippen LogP contribution in [0.25, 0.3) is 0 Å². The Balaban J connectivity index is 2.08. The zero-order valence-corrected chi connectivity index (χ0v) is 10.9. The van der Waals surface area contributed by atoms with E-state index in [4.69, 9.17) is 9.26 Å². The van der Waals surface area contributed by atoms with Crippen molar-refractivity contribution in [1.29, 1.82) is 0 Å². The molecule has 1 aliphatic rings. The first-order chi connectivity index (χ1) is 8.72. The molecule has 2 heterocycles. The van der Waals surface area contributed by atoms with E-state index in [0.29, 0.717) is 18.3 Å². The molecule has 1 saturated heterocycles. The highest BCUT2D eigenvalue weighted by molar-refractivity contribution is 5.78. The van der Waals surface area contributed by atoms with Crippen molar-refractivity contribution in [3.8, 4) is 0 Å². The highest BCUT2D eigenvalue weighted by atomic mass is 16.5. The molecule has 0 saturated carbocycles. The van der Waals surface area contributed by atoms with Crippen molar-refractivity contribution < 1.29 is 14.1 Å². The maximum Gasteiger partial charge on any atom is 0.249 e. The largest absolute Gasteiger partial charge is 0.372 e. The molecule has 0 bridgehead atoms. The van der Waals surface area contributed by atoms with Gasteiger partial charge in [-0.2, -0.15) is 4.98 Å². The summed E-state index contributed by atoms with van der Waals surface area (Å²) < 4.78 is 10.4. The van der Waals surface area contributed by atoms with Crippen LogP contribution < -0.4 is 0 Å². The molecule has 6 nitrogen and oxygen atoms in total. The zero-order chi connectivity index (χ0) is 13.0. The van der Waals surface area contributed by atoms with Crippen LogP contribution in [0.2, 0.25) is 0 Å². The van der Waals surface area contributed by atoms with Gasteiger partial charge in [-0.15, -0.1) is 0 Å². The topological polar surface area (TPSA) is 68.5 Å². The number of carbonyl (C=O) groups excluding carboxylic acids is 1. The predicted octanol–water partition coefficient (Wildman–Crippen LogP) is 1.47. The van der Waals surface area contributed by atoms with Gasteiger partial charge in [0.25, 0.3) is 0 Å². The summed E-state index contributed by atoms with van der Waals surface area (Å²) in [5.74, 6) is 1.14. The average Bonchev–Trinajstić information content (AvgIpc) is 2.82. The molecule has 0 aliphatic carbocycles. The lowest BCUT2D eigenvalue weighted by atomic mass is 10.0. The Morgan fingerprint density at radius 2 is 2.39 bits per heavy atom. The molecule has 100 valence electrons. The lowest BCUT2D eigenvalue weighted by Gasteiger charge is -2.33. The van der Waals surface area contributed by atoms with E-state index in [2.05, 4.69) is 10.1 Å². The fraction of sp³-hybridized carbons (Fsp3) is 0.750. The van der Waals surface area contributed by atoms with Gasteiger partial charge in [0.2, 0.25) is 11.8 Å². The van der Waals surface area contributed by atoms with Gasteiger partial charge in [0.05, 0.1) is 0 Å². The number of likely N-dealkylation sites (tertiary alicyclic amines) is 1. The van der Waals surface area contributed by atoms with E-state index < -0.39 is 0 Å². The number of aromatic nitrogens is 2. The van der Waals surface area contributed by atoms with Crippen molar-refractivity contribution >= 4 is 5.91 Å². The summed E-state index contributed by atoms with van der Waals surface area (Å²) in [5.41, 5.74) is 0. The van der Waals surface area contributed by atoms with Crippen molar-refractivity contribution in [2.24, 2.45) is 0 Å². The summed E-state index contributed by atoms with van der Waals surface area (Å²) in [4.78, 5) is 18.1. The summed E-state index contributed by atoms with van der Waals surface area (Å²) in [6.07, 6.45) is 2.96. The minimum absolute atomic E-state index is 0.00240. The van der Waals surface area contributed by atoms with Crippen LogP contribution in [-0.2, 0) is 9.53 Å². The second-order valence-corrected chi connectivity index (χ2v) is 4.42. The molecule has 1 aliphatic heterocycles. The Morgan fingerprint density at radius 1 is 1.56 bits per heavy atom. The molecular formula is C12H19N3O3. The lowest BCUT2D eigenvalue weighted by Crippen LogP contribution is -2.40. The number of hydrogen-bond donors (Lipinski definition) is 0. The molecule has 0 aromatic carbocycles. The molecular weight excluding hydrogens is 234 g/mol. The molecule has 1 aromatic rings. The summed E-state index contributed by atoms with van der Waals surface area (Å²) in [7, 11) is 0. The third-order valence-corrected chi connectivity index (χ3v) is 3.08. The quantitative estimate of drug-likeness (QED) is 0.812. The minimum Gasteiger partial charge on any atom is -0.372 e. The molecule has 0 spiro atoms. The van der Waals surface area contributed by atoms with Crippen LogP contribution >= 0.6 is 0 Å². The maximum absolute atomic E-state index is 12.1. The fourth-order valence-electron chi connectivity index (χ4n) is 2.21. The molecule has 2 rings (SSSR count). The van der Waals surface area contributed by atoms with E-state index in [0.717, 1.165) is 25.8 Å². The third-order valence-electron chi connectivity index (χ3n) is 3.08. The van der Waals surface area contributed by atoms with E-state index in [1.54, 1.807) is 11.8 Å². The summed E-state index contributed by atoms with van der Waals surface area (Å²) in [6, 6.07) is -0.0899. The van der Waals surface area contributed by atoms with Gasteiger partial charge in [-0.1, -0.05) is 5.16 Å². The van der Waals surface area contributed by atoms with Gasteiger partial charge in [-0.25, -0.2) is 0 Å². The first-order valence-electron chi connectivity index (χ1n) is 6.39. The molecule has 18 heavy (non-hydrogen) atoms. The SMILES string of the molecule is CCOCC(=O)N1CCCCC1c1nc(C)no1. The molecule has 1 fully saturated rings. The molecule has 1 atom stereocenters. The van der Waals surface area contributed by atoms with E-state index >= 15 is 0 Å². The highest BCUT2D eigenvalue weighted by Gasteiger charge is 2.31. The second-order valence-electron chi connectivity index (χ2n) is 4.42. The van der Waals surface area contributed by atoms with E-state index in [-0.39, 0.29) is 18.6 Å². The fourth-order valence-corrected chi connectivity index (χ4v) is 2.21.